The fraction of sp³-hybridized carbons (Fsp3) is 0.913. The smallest absolute Gasteiger partial charge is 0.303 e. The molecule has 0 amide bonds. The molecule has 2 N–H and O–H groups in total. The van der Waals surface area contributed by atoms with Crippen LogP contribution in [-0.2, 0) is 9.59 Å². The largest absolute Gasteiger partial charge is 0.481 e. The maximum absolute atomic E-state index is 12.3. The molecular weight excluding hydrogens is 340 g/mol. The zero-order chi connectivity index (χ0) is 19.4. The summed E-state index contributed by atoms with van der Waals surface area (Å²) in [5.41, 5.74) is -0.708. The third kappa shape index (κ3) is 2.58. The highest BCUT2D eigenvalue weighted by Crippen LogP contribution is 2.72. The monoisotopic (exact) mass is 376 g/mol. The Bertz CT molecular complexity index is 617. The summed E-state index contributed by atoms with van der Waals surface area (Å²) in [4.78, 5) is 23.2. The van der Waals surface area contributed by atoms with Gasteiger partial charge in [0.05, 0.1) is 5.60 Å². The number of carboxylic acid groups (broad SMARTS) is 1. The molecule has 4 fully saturated rings. The zero-order valence-corrected chi connectivity index (χ0v) is 17.0. The second kappa shape index (κ2) is 6.57. The summed E-state index contributed by atoms with van der Waals surface area (Å²) in [5, 5.41) is 20.7. The number of aliphatic carboxylic acids is 1. The van der Waals surface area contributed by atoms with Crippen molar-refractivity contribution in [3.63, 3.8) is 0 Å². The lowest BCUT2D eigenvalue weighted by atomic mass is 9.54. The molecule has 0 aromatic carbocycles. The van der Waals surface area contributed by atoms with Gasteiger partial charge in [0.15, 0.2) is 0 Å². The number of carbonyl (C=O) groups is 2. The van der Waals surface area contributed by atoms with E-state index >= 15 is 0 Å². The number of aldehydes is 1. The van der Waals surface area contributed by atoms with Crippen LogP contribution in [0.2, 0.25) is 0 Å². The van der Waals surface area contributed by atoms with E-state index in [1.165, 1.54) is 12.8 Å². The van der Waals surface area contributed by atoms with Crippen LogP contribution in [0.5, 0.6) is 0 Å². The van der Waals surface area contributed by atoms with Crippen LogP contribution in [0.25, 0.3) is 0 Å². The quantitative estimate of drug-likeness (QED) is 0.696. The number of rotatable bonds is 5. The molecule has 152 valence electrons. The Balaban J connectivity index is 1.61. The van der Waals surface area contributed by atoms with Gasteiger partial charge in [0.25, 0.3) is 0 Å². The third-order valence-electron chi connectivity index (χ3n) is 9.90. The molecule has 4 nitrogen and oxygen atoms in total. The highest BCUT2D eigenvalue weighted by atomic mass is 16.4. The van der Waals surface area contributed by atoms with Crippen LogP contribution in [0.3, 0.4) is 0 Å². The van der Waals surface area contributed by atoms with Crippen molar-refractivity contribution in [2.45, 2.75) is 90.1 Å². The SMILES string of the molecule is C[C@]12CCC3C(C1CC[C@@H]2CCCC(=O)O)C(C=O)[C@]1(O)CCCC[C@]31C. The van der Waals surface area contributed by atoms with E-state index in [4.69, 9.17) is 5.11 Å². The summed E-state index contributed by atoms with van der Waals surface area (Å²) in [6, 6.07) is 0. The van der Waals surface area contributed by atoms with Gasteiger partial charge in [-0.2, -0.15) is 0 Å². The highest BCUT2D eigenvalue weighted by Gasteiger charge is 2.71. The van der Waals surface area contributed by atoms with Gasteiger partial charge in [-0.3, -0.25) is 4.79 Å². The lowest BCUT2D eigenvalue weighted by molar-refractivity contribution is -0.140. The van der Waals surface area contributed by atoms with E-state index in [0.29, 0.717) is 23.7 Å². The Labute approximate surface area is 163 Å². The first-order chi connectivity index (χ1) is 12.8. The van der Waals surface area contributed by atoms with Crippen molar-refractivity contribution in [3.05, 3.63) is 0 Å². The Morgan fingerprint density at radius 1 is 1.07 bits per heavy atom. The van der Waals surface area contributed by atoms with Crippen molar-refractivity contribution in [3.8, 4) is 0 Å². The molecule has 4 heteroatoms. The summed E-state index contributed by atoms with van der Waals surface area (Å²) in [5.74, 6) is 0.949. The second-order valence-electron chi connectivity index (χ2n) is 10.6. The van der Waals surface area contributed by atoms with E-state index < -0.39 is 11.6 Å². The average molecular weight is 377 g/mol. The Morgan fingerprint density at radius 2 is 1.81 bits per heavy atom. The van der Waals surface area contributed by atoms with E-state index in [-0.39, 0.29) is 23.2 Å². The summed E-state index contributed by atoms with van der Waals surface area (Å²) >= 11 is 0. The molecule has 4 saturated carbocycles. The molecule has 0 bridgehead atoms. The molecule has 0 radical (unpaired) electrons. The van der Waals surface area contributed by atoms with Gasteiger partial charge in [-0.25, -0.2) is 0 Å². The van der Waals surface area contributed by atoms with Crippen LogP contribution in [0.15, 0.2) is 0 Å². The predicted molar refractivity (Wildman–Crippen MR) is 103 cm³/mol. The van der Waals surface area contributed by atoms with Crippen LogP contribution in [-0.4, -0.2) is 28.1 Å². The molecule has 4 aliphatic carbocycles. The third-order valence-corrected chi connectivity index (χ3v) is 9.90. The first-order valence-corrected chi connectivity index (χ1v) is 11.2. The number of carbonyl (C=O) groups excluding carboxylic acids is 1. The topological polar surface area (TPSA) is 74.6 Å². The summed E-state index contributed by atoms with van der Waals surface area (Å²) < 4.78 is 0. The van der Waals surface area contributed by atoms with Gasteiger partial charge in [-0.1, -0.05) is 26.7 Å². The lowest BCUT2D eigenvalue weighted by Crippen LogP contribution is -2.51. The van der Waals surface area contributed by atoms with Crippen LogP contribution in [0, 0.1) is 40.4 Å². The van der Waals surface area contributed by atoms with Crippen LogP contribution in [0.1, 0.15) is 84.5 Å². The lowest BCUT2D eigenvalue weighted by Gasteiger charge is -2.51. The minimum absolute atomic E-state index is 0.107. The zero-order valence-electron chi connectivity index (χ0n) is 17.0. The number of hydrogen-bond acceptors (Lipinski definition) is 3. The average Bonchev–Trinajstić information content (AvgIpc) is 3.04. The molecule has 4 aliphatic rings. The summed E-state index contributed by atoms with van der Waals surface area (Å²) in [6.07, 6.45) is 11.8. The van der Waals surface area contributed by atoms with E-state index in [0.717, 1.165) is 57.7 Å². The molecule has 0 aromatic rings. The normalized spacial score (nSPS) is 51.3. The summed E-state index contributed by atoms with van der Waals surface area (Å²) in [7, 11) is 0. The predicted octanol–water partition coefficient (Wildman–Crippen LogP) is 4.44. The van der Waals surface area contributed by atoms with Crippen LogP contribution >= 0.6 is 0 Å². The van der Waals surface area contributed by atoms with Crippen molar-refractivity contribution in [1.29, 1.82) is 0 Å². The maximum atomic E-state index is 12.3. The highest BCUT2D eigenvalue weighted by molar-refractivity contribution is 5.66. The van der Waals surface area contributed by atoms with Crippen molar-refractivity contribution < 1.29 is 19.8 Å². The number of hydrogen-bond donors (Lipinski definition) is 2. The van der Waals surface area contributed by atoms with Crippen LogP contribution < -0.4 is 0 Å². The molecule has 27 heavy (non-hydrogen) atoms. The molecule has 8 atom stereocenters. The van der Waals surface area contributed by atoms with Gasteiger partial charge in [0.2, 0.25) is 0 Å². The molecular formula is C23H36O4. The van der Waals surface area contributed by atoms with E-state index in [1.54, 1.807) is 0 Å². The van der Waals surface area contributed by atoms with Crippen molar-refractivity contribution in [2.24, 2.45) is 40.4 Å². The first kappa shape index (κ1) is 19.4. The van der Waals surface area contributed by atoms with Crippen LogP contribution in [0.4, 0.5) is 0 Å². The second-order valence-corrected chi connectivity index (χ2v) is 10.6. The molecule has 0 aromatic heterocycles. The number of carboxylic acids is 1. The van der Waals surface area contributed by atoms with Gasteiger partial charge in [0.1, 0.15) is 6.29 Å². The molecule has 0 heterocycles. The maximum Gasteiger partial charge on any atom is 0.303 e. The van der Waals surface area contributed by atoms with E-state index in [2.05, 4.69) is 13.8 Å². The Kier molecular flexibility index (Phi) is 4.73. The van der Waals surface area contributed by atoms with E-state index in [9.17, 15) is 14.7 Å². The minimum atomic E-state index is -0.811. The Hall–Kier alpha value is -0.900. The summed E-state index contributed by atoms with van der Waals surface area (Å²) in [6.45, 7) is 4.68. The van der Waals surface area contributed by atoms with Gasteiger partial charge in [0, 0.05) is 17.8 Å². The van der Waals surface area contributed by atoms with Crippen molar-refractivity contribution in [1.82, 2.24) is 0 Å². The van der Waals surface area contributed by atoms with Gasteiger partial charge >= 0.3 is 5.97 Å². The number of fused-ring (bicyclic) bond motifs is 5. The molecule has 0 saturated heterocycles. The molecule has 0 aliphatic heterocycles. The fourth-order valence-corrected chi connectivity index (χ4v) is 8.49. The van der Waals surface area contributed by atoms with Gasteiger partial charge < -0.3 is 15.0 Å². The Morgan fingerprint density at radius 3 is 2.52 bits per heavy atom. The molecule has 0 spiro atoms. The first-order valence-electron chi connectivity index (χ1n) is 11.2. The van der Waals surface area contributed by atoms with Crippen molar-refractivity contribution >= 4 is 12.3 Å². The van der Waals surface area contributed by atoms with Gasteiger partial charge in [-0.05, 0) is 80.5 Å². The fourth-order valence-electron chi connectivity index (χ4n) is 8.49. The van der Waals surface area contributed by atoms with Gasteiger partial charge in [-0.15, -0.1) is 0 Å². The minimum Gasteiger partial charge on any atom is -0.481 e. The molecule has 4 rings (SSSR count). The number of aliphatic hydroxyl groups is 1. The van der Waals surface area contributed by atoms with Crippen molar-refractivity contribution in [2.75, 3.05) is 0 Å². The standard InChI is InChI=1S/C23H36O4/c1-21-13-10-17-20(16(21)9-8-15(21)6-5-7-19(25)26)18(14-24)23(27)12-4-3-11-22(17,23)2/h14-18,20,27H,3-13H2,1-2H3,(H,25,26)/t15-,16?,17?,18?,20?,21+,22+,23+/m0/s1. The van der Waals surface area contributed by atoms with E-state index in [1.807, 2.05) is 0 Å². The molecule has 4 unspecified atom stereocenters.